The maximum Gasteiger partial charge on any atom is 0.215 e. The second kappa shape index (κ2) is 4.48. The Kier molecular flexibility index (Phi) is 3.19. The van der Waals surface area contributed by atoms with Crippen molar-refractivity contribution in [3.63, 3.8) is 0 Å². The van der Waals surface area contributed by atoms with E-state index in [4.69, 9.17) is 4.74 Å². The zero-order valence-corrected chi connectivity index (χ0v) is 11.9. The molecule has 0 aliphatic rings. The van der Waals surface area contributed by atoms with Crippen LogP contribution in [0.3, 0.4) is 0 Å². The molecule has 0 amide bonds. The van der Waals surface area contributed by atoms with Crippen molar-refractivity contribution < 1.29 is 4.74 Å². The van der Waals surface area contributed by atoms with Crippen LogP contribution >= 0.6 is 0 Å². The lowest BCUT2D eigenvalue weighted by atomic mass is 10.4. The van der Waals surface area contributed by atoms with Crippen LogP contribution in [-0.4, -0.2) is 29.2 Å². The van der Waals surface area contributed by atoms with Crippen molar-refractivity contribution in [1.29, 1.82) is 0 Å². The Morgan fingerprint density at radius 3 is 2.76 bits per heavy atom. The molecule has 2 aromatic heterocycles. The van der Waals surface area contributed by atoms with E-state index in [-0.39, 0.29) is 0 Å². The highest BCUT2D eigenvalue weighted by molar-refractivity contribution is 6.76. The first-order chi connectivity index (χ1) is 7.96. The van der Waals surface area contributed by atoms with Gasteiger partial charge in [0.25, 0.3) is 0 Å². The van der Waals surface area contributed by atoms with Crippen LogP contribution in [0.5, 0.6) is 5.88 Å². The largest absolute Gasteiger partial charge is 0.478 e. The number of pyridine rings is 1. The molecule has 0 bridgehead atoms. The number of hydrogen-bond donors (Lipinski definition) is 0. The fourth-order valence-corrected chi connectivity index (χ4v) is 2.25. The molecule has 2 heterocycles. The number of fused-ring (bicyclic) bond motifs is 1. The number of imidazole rings is 1. The Morgan fingerprint density at radius 2 is 2.06 bits per heavy atom. The monoisotopic (exact) mass is 249 g/mol. The van der Waals surface area contributed by atoms with Gasteiger partial charge in [0.05, 0.1) is 18.5 Å². The summed E-state index contributed by atoms with van der Waals surface area (Å²) >= 11 is 0. The molecular formula is C12H19N3OSi. The molecule has 92 valence electrons. The second-order valence-electron chi connectivity index (χ2n) is 5.51. The summed E-state index contributed by atoms with van der Waals surface area (Å²) in [4.78, 5) is 8.59. The van der Waals surface area contributed by atoms with E-state index in [1.165, 1.54) is 0 Å². The zero-order valence-electron chi connectivity index (χ0n) is 10.9. The standard InChI is InChI=1S/C12H19N3OSi/c1-15-9-13-12-10(15)5-6-11(14-12)16-7-8-17(2,3)4/h5-6,9H,7-8H2,1-4H3. The Labute approximate surface area is 103 Å². The highest BCUT2D eigenvalue weighted by Gasteiger charge is 2.13. The molecule has 0 saturated heterocycles. The van der Waals surface area contributed by atoms with Gasteiger partial charge in [0, 0.05) is 21.2 Å². The van der Waals surface area contributed by atoms with Crippen molar-refractivity contribution in [2.24, 2.45) is 7.05 Å². The maximum atomic E-state index is 5.67. The van der Waals surface area contributed by atoms with Crippen LogP contribution in [-0.2, 0) is 7.05 Å². The van der Waals surface area contributed by atoms with E-state index in [2.05, 4.69) is 29.6 Å². The number of ether oxygens (including phenoxy) is 1. The molecule has 0 unspecified atom stereocenters. The summed E-state index contributed by atoms with van der Waals surface area (Å²) in [5.74, 6) is 0.675. The summed E-state index contributed by atoms with van der Waals surface area (Å²) in [5.41, 5.74) is 1.78. The van der Waals surface area contributed by atoms with E-state index in [0.29, 0.717) is 5.88 Å². The molecule has 0 aromatic carbocycles. The van der Waals surface area contributed by atoms with Gasteiger partial charge in [-0.05, 0) is 12.1 Å². The molecule has 0 fully saturated rings. The van der Waals surface area contributed by atoms with E-state index in [1.54, 1.807) is 6.33 Å². The van der Waals surface area contributed by atoms with Crippen LogP contribution in [0.2, 0.25) is 25.7 Å². The first-order valence-electron chi connectivity index (χ1n) is 5.87. The minimum Gasteiger partial charge on any atom is -0.478 e. The van der Waals surface area contributed by atoms with Crippen molar-refractivity contribution in [2.45, 2.75) is 25.7 Å². The van der Waals surface area contributed by atoms with E-state index < -0.39 is 8.07 Å². The van der Waals surface area contributed by atoms with Crippen molar-refractivity contribution in [2.75, 3.05) is 6.61 Å². The number of hydrogen-bond acceptors (Lipinski definition) is 3. The molecule has 0 aliphatic heterocycles. The summed E-state index contributed by atoms with van der Waals surface area (Å²) in [6, 6.07) is 5.06. The summed E-state index contributed by atoms with van der Waals surface area (Å²) in [6.45, 7) is 7.77. The van der Waals surface area contributed by atoms with Gasteiger partial charge >= 0.3 is 0 Å². The van der Waals surface area contributed by atoms with Gasteiger partial charge in [-0.3, -0.25) is 0 Å². The highest BCUT2D eigenvalue weighted by Crippen LogP contribution is 2.16. The predicted molar refractivity (Wildman–Crippen MR) is 72.2 cm³/mol. The number of nitrogens with zero attached hydrogens (tertiary/aromatic N) is 3. The van der Waals surface area contributed by atoms with Gasteiger partial charge in [-0.2, -0.15) is 4.98 Å². The van der Waals surface area contributed by atoms with E-state index in [1.807, 2.05) is 23.7 Å². The smallest absolute Gasteiger partial charge is 0.215 e. The Balaban J connectivity index is 2.04. The van der Waals surface area contributed by atoms with Crippen molar-refractivity contribution in [3.8, 4) is 5.88 Å². The number of aromatic nitrogens is 3. The van der Waals surface area contributed by atoms with Crippen molar-refractivity contribution in [3.05, 3.63) is 18.5 Å². The Hall–Kier alpha value is -1.36. The summed E-state index contributed by atoms with van der Waals surface area (Å²) in [5, 5.41) is 0. The number of rotatable bonds is 4. The average molecular weight is 249 g/mol. The van der Waals surface area contributed by atoms with Crippen LogP contribution < -0.4 is 4.74 Å². The SMILES string of the molecule is Cn1cnc2nc(OCC[Si](C)(C)C)ccc21. The molecular weight excluding hydrogens is 230 g/mol. The summed E-state index contributed by atoms with van der Waals surface area (Å²) in [6.07, 6.45) is 1.77. The average Bonchev–Trinajstić information content (AvgIpc) is 2.58. The summed E-state index contributed by atoms with van der Waals surface area (Å²) in [7, 11) is 0.928. The van der Waals surface area contributed by atoms with Gasteiger partial charge in [0.15, 0.2) is 5.65 Å². The lowest BCUT2D eigenvalue weighted by Crippen LogP contribution is -2.22. The lowest BCUT2D eigenvalue weighted by Gasteiger charge is -2.15. The Morgan fingerprint density at radius 1 is 1.29 bits per heavy atom. The van der Waals surface area contributed by atoms with Crippen LogP contribution in [0, 0.1) is 0 Å². The molecule has 4 nitrogen and oxygen atoms in total. The third-order valence-electron chi connectivity index (χ3n) is 2.66. The first kappa shape index (κ1) is 12.1. The molecule has 2 aromatic rings. The van der Waals surface area contributed by atoms with E-state index >= 15 is 0 Å². The van der Waals surface area contributed by atoms with Gasteiger partial charge in [-0.15, -0.1) is 0 Å². The minimum absolute atomic E-state index is 0.675. The fraction of sp³-hybridized carbons (Fsp3) is 0.500. The quantitative estimate of drug-likeness (QED) is 0.782. The van der Waals surface area contributed by atoms with Gasteiger partial charge < -0.3 is 9.30 Å². The van der Waals surface area contributed by atoms with Crippen LogP contribution in [0.1, 0.15) is 0 Å². The van der Waals surface area contributed by atoms with Crippen LogP contribution in [0.15, 0.2) is 18.5 Å². The predicted octanol–water partition coefficient (Wildman–Crippen LogP) is 2.69. The van der Waals surface area contributed by atoms with Crippen LogP contribution in [0.4, 0.5) is 0 Å². The molecule has 0 N–H and O–H groups in total. The van der Waals surface area contributed by atoms with Crippen molar-refractivity contribution >= 4 is 19.2 Å². The lowest BCUT2D eigenvalue weighted by molar-refractivity contribution is 0.326. The van der Waals surface area contributed by atoms with Gasteiger partial charge in [0.1, 0.15) is 0 Å². The maximum absolute atomic E-state index is 5.67. The molecule has 2 rings (SSSR count). The van der Waals surface area contributed by atoms with Gasteiger partial charge in [-0.1, -0.05) is 19.6 Å². The molecule has 0 spiro atoms. The summed E-state index contributed by atoms with van der Waals surface area (Å²) < 4.78 is 7.63. The first-order valence-corrected chi connectivity index (χ1v) is 9.57. The zero-order chi connectivity index (χ0) is 12.5. The minimum atomic E-state index is -1.03. The third-order valence-corrected chi connectivity index (χ3v) is 4.37. The Bertz CT molecular complexity index is 516. The van der Waals surface area contributed by atoms with Gasteiger partial charge in [0.2, 0.25) is 5.88 Å². The molecule has 0 atom stereocenters. The van der Waals surface area contributed by atoms with E-state index in [9.17, 15) is 0 Å². The highest BCUT2D eigenvalue weighted by atomic mass is 28.3. The molecule has 17 heavy (non-hydrogen) atoms. The van der Waals surface area contributed by atoms with Crippen LogP contribution in [0.25, 0.3) is 11.2 Å². The topological polar surface area (TPSA) is 39.9 Å². The second-order valence-corrected chi connectivity index (χ2v) is 11.1. The van der Waals surface area contributed by atoms with E-state index in [0.717, 1.165) is 23.8 Å². The third kappa shape index (κ3) is 3.06. The van der Waals surface area contributed by atoms with Crippen molar-refractivity contribution in [1.82, 2.24) is 14.5 Å². The molecule has 5 heteroatoms. The normalized spacial score (nSPS) is 12.0. The molecule has 0 radical (unpaired) electrons. The number of aryl methyl sites for hydroxylation is 1. The molecule has 0 saturated carbocycles. The molecule has 0 aliphatic carbocycles. The van der Waals surface area contributed by atoms with Gasteiger partial charge in [-0.25, -0.2) is 4.98 Å². The fourth-order valence-electron chi connectivity index (χ4n) is 1.54.